The first kappa shape index (κ1) is 24.9. The number of ether oxygens (including phenoxy) is 4. The lowest BCUT2D eigenvalue weighted by atomic mass is 10.0. The zero-order chi connectivity index (χ0) is 25.7. The zero-order valence-electron chi connectivity index (χ0n) is 21.6. The van der Waals surface area contributed by atoms with E-state index in [-0.39, 0.29) is 0 Å². The van der Waals surface area contributed by atoms with Crippen LogP contribution in [0, 0.1) is 0 Å². The Morgan fingerprint density at radius 3 is 1.97 bits per heavy atom. The highest BCUT2D eigenvalue weighted by molar-refractivity contribution is 5.78. The molecule has 0 fully saturated rings. The number of aromatic nitrogens is 2. The summed E-state index contributed by atoms with van der Waals surface area (Å²) in [4.78, 5) is 0. The Morgan fingerprint density at radius 2 is 1.36 bits per heavy atom. The summed E-state index contributed by atoms with van der Waals surface area (Å²) in [6.07, 6.45) is 3.94. The van der Waals surface area contributed by atoms with Crippen LogP contribution in [0.25, 0.3) is 29.1 Å². The van der Waals surface area contributed by atoms with Gasteiger partial charge in [0.25, 0.3) is 0 Å². The summed E-state index contributed by atoms with van der Waals surface area (Å²) in [6.45, 7) is 4.37. The molecule has 0 atom stereocenters. The van der Waals surface area contributed by atoms with Crippen LogP contribution in [0.5, 0.6) is 23.0 Å². The second-order valence-corrected chi connectivity index (χ2v) is 8.57. The van der Waals surface area contributed by atoms with Gasteiger partial charge in [-0.25, -0.2) is 4.68 Å². The van der Waals surface area contributed by atoms with Crippen LogP contribution in [0.2, 0.25) is 0 Å². The van der Waals surface area contributed by atoms with E-state index in [1.165, 1.54) is 5.56 Å². The fourth-order valence-electron chi connectivity index (χ4n) is 4.18. The van der Waals surface area contributed by atoms with E-state index in [0.29, 0.717) is 28.9 Å². The van der Waals surface area contributed by atoms with Crippen LogP contribution in [0.1, 0.15) is 36.6 Å². The maximum Gasteiger partial charge on any atom is 0.170 e. The molecule has 0 radical (unpaired) electrons. The van der Waals surface area contributed by atoms with Gasteiger partial charge in [0.05, 0.1) is 45.5 Å². The van der Waals surface area contributed by atoms with Gasteiger partial charge < -0.3 is 18.9 Å². The molecule has 1 heterocycles. The molecule has 0 aliphatic rings. The van der Waals surface area contributed by atoms with Crippen LogP contribution < -0.4 is 18.9 Å². The highest BCUT2D eigenvalue weighted by Crippen LogP contribution is 2.39. The number of methoxy groups -OCH3 is 4. The maximum atomic E-state index is 5.74. The second kappa shape index (κ2) is 11.0. The van der Waals surface area contributed by atoms with Crippen LogP contribution in [0.3, 0.4) is 0 Å². The summed E-state index contributed by atoms with van der Waals surface area (Å²) in [6, 6.07) is 22.1. The third-order valence-corrected chi connectivity index (χ3v) is 6.08. The molecule has 0 aliphatic carbocycles. The fraction of sp³-hybridized carbons (Fsp3) is 0.233. The molecule has 0 N–H and O–H groups in total. The molecule has 36 heavy (non-hydrogen) atoms. The molecule has 186 valence electrons. The van der Waals surface area contributed by atoms with Gasteiger partial charge in [0.2, 0.25) is 0 Å². The third kappa shape index (κ3) is 4.93. The Kier molecular flexibility index (Phi) is 7.64. The van der Waals surface area contributed by atoms with Gasteiger partial charge in [0.15, 0.2) is 23.0 Å². The molecular formula is C30H32N2O4. The Hall–Kier alpha value is -4.19. The molecule has 3 aromatic carbocycles. The number of hydrogen-bond donors (Lipinski definition) is 0. The van der Waals surface area contributed by atoms with Gasteiger partial charge in [-0.2, -0.15) is 5.10 Å². The van der Waals surface area contributed by atoms with Crippen molar-refractivity contribution in [1.29, 1.82) is 0 Å². The quantitative estimate of drug-likeness (QED) is 0.260. The minimum absolute atomic E-state index is 0.450. The highest BCUT2D eigenvalue weighted by Gasteiger charge is 2.18. The average molecular weight is 485 g/mol. The molecule has 0 aliphatic heterocycles. The van der Waals surface area contributed by atoms with E-state index in [1.807, 2.05) is 59.3 Å². The first-order chi connectivity index (χ1) is 17.5. The van der Waals surface area contributed by atoms with Crippen molar-refractivity contribution < 1.29 is 18.9 Å². The first-order valence-corrected chi connectivity index (χ1v) is 11.8. The largest absolute Gasteiger partial charge is 0.493 e. The van der Waals surface area contributed by atoms with E-state index < -0.39 is 0 Å². The van der Waals surface area contributed by atoms with E-state index in [2.05, 4.69) is 38.1 Å². The lowest BCUT2D eigenvalue weighted by Gasteiger charge is -2.14. The predicted molar refractivity (Wildman–Crippen MR) is 145 cm³/mol. The van der Waals surface area contributed by atoms with E-state index in [9.17, 15) is 0 Å². The lowest BCUT2D eigenvalue weighted by Crippen LogP contribution is -2.01. The summed E-state index contributed by atoms with van der Waals surface area (Å²) < 4.78 is 24.2. The van der Waals surface area contributed by atoms with E-state index in [1.54, 1.807) is 28.4 Å². The van der Waals surface area contributed by atoms with Gasteiger partial charge in [-0.1, -0.05) is 44.2 Å². The van der Waals surface area contributed by atoms with Crippen molar-refractivity contribution >= 4 is 12.2 Å². The molecule has 0 saturated heterocycles. The minimum Gasteiger partial charge on any atom is -0.493 e. The van der Waals surface area contributed by atoms with Gasteiger partial charge >= 0.3 is 0 Å². The Labute approximate surface area is 212 Å². The molecule has 0 bridgehead atoms. The standard InChI is InChI=1S/C30H32N2O4/c1-20(2)21-14-17-24(18-15-21)32-26(25-10-8-12-28(34-4)30(25)36-6)19-23(31-32)16-13-22-9-7-11-27(33-3)29(22)35-5/h7-20H,1-6H3. The maximum absolute atomic E-state index is 5.74. The van der Waals surface area contributed by atoms with Crippen molar-refractivity contribution in [2.24, 2.45) is 0 Å². The van der Waals surface area contributed by atoms with Crippen molar-refractivity contribution in [1.82, 2.24) is 9.78 Å². The lowest BCUT2D eigenvalue weighted by molar-refractivity contribution is 0.354. The molecule has 0 spiro atoms. The van der Waals surface area contributed by atoms with E-state index >= 15 is 0 Å². The number of benzene rings is 3. The normalized spacial score (nSPS) is 11.2. The van der Waals surface area contributed by atoms with Crippen LogP contribution >= 0.6 is 0 Å². The van der Waals surface area contributed by atoms with Crippen molar-refractivity contribution in [2.75, 3.05) is 28.4 Å². The van der Waals surface area contributed by atoms with Gasteiger partial charge in [-0.05, 0) is 60.0 Å². The van der Waals surface area contributed by atoms with Gasteiger partial charge in [-0.15, -0.1) is 0 Å². The molecule has 0 amide bonds. The Morgan fingerprint density at radius 1 is 0.722 bits per heavy atom. The van der Waals surface area contributed by atoms with Crippen LogP contribution in [-0.2, 0) is 0 Å². The molecule has 6 nitrogen and oxygen atoms in total. The van der Waals surface area contributed by atoms with Crippen LogP contribution in [0.15, 0.2) is 66.7 Å². The van der Waals surface area contributed by atoms with Crippen LogP contribution in [0.4, 0.5) is 0 Å². The smallest absolute Gasteiger partial charge is 0.170 e. The topological polar surface area (TPSA) is 54.7 Å². The highest BCUT2D eigenvalue weighted by atomic mass is 16.5. The third-order valence-electron chi connectivity index (χ3n) is 6.08. The fourth-order valence-corrected chi connectivity index (χ4v) is 4.18. The van der Waals surface area contributed by atoms with E-state index in [0.717, 1.165) is 28.2 Å². The number of para-hydroxylation sites is 2. The van der Waals surface area contributed by atoms with Gasteiger partial charge in [0, 0.05) is 11.1 Å². The second-order valence-electron chi connectivity index (χ2n) is 8.57. The van der Waals surface area contributed by atoms with Crippen molar-refractivity contribution in [3.05, 3.63) is 83.6 Å². The molecular weight excluding hydrogens is 452 g/mol. The average Bonchev–Trinajstić information content (AvgIpc) is 3.35. The van der Waals surface area contributed by atoms with Crippen molar-refractivity contribution in [3.63, 3.8) is 0 Å². The number of nitrogens with zero attached hydrogens (tertiary/aromatic N) is 2. The first-order valence-electron chi connectivity index (χ1n) is 11.8. The zero-order valence-corrected chi connectivity index (χ0v) is 21.6. The molecule has 4 rings (SSSR count). The number of hydrogen-bond acceptors (Lipinski definition) is 5. The predicted octanol–water partition coefficient (Wildman–Crippen LogP) is 6.87. The Balaban J connectivity index is 1.84. The summed E-state index contributed by atoms with van der Waals surface area (Å²) in [5, 5.41) is 4.94. The molecule has 0 saturated carbocycles. The molecule has 4 aromatic rings. The summed E-state index contributed by atoms with van der Waals surface area (Å²) in [5.41, 5.74) is 5.69. The summed E-state index contributed by atoms with van der Waals surface area (Å²) in [7, 11) is 6.55. The molecule has 0 unspecified atom stereocenters. The summed E-state index contributed by atoms with van der Waals surface area (Å²) in [5.74, 6) is 3.12. The summed E-state index contributed by atoms with van der Waals surface area (Å²) >= 11 is 0. The van der Waals surface area contributed by atoms with Gasteiger partial charge in [0.1, 0.15) is 0 Å². The van der Waals surface area contributed by atoms with Crippen molar-refractivity contribution in [3.8, 4) is 39.9 Å². The monoisotopic (exact) mass is 484 g/mol. The SMILES string of the molecule is COc1cccc(C=Cc2cc(-c3cccc(OC)c3OC)n(-c3ccc(C(C)C)cc3)n2)c1OC. The Bertz CT molecular complexity index is 1350. The van der Waals surface area contributed by atoms with E-state index in [4.69, 9.17) is 24.0 Å². The van der Waals surface area contributed by atoms with Gasteiger partial charge in [-0.3, -0.25) is 0 Å². The van der Waals surface area contributed by atoms with Crippen molar-refractivity contribution in [2.45, 2.75) is 19.8 Å². The molecule has 6 heteroatoms. The number of rotatable bonds is 9. The molecule has 1 aromatic heterocycles. The van der Waals surface area contributed by atoms with Crippen LogP contribution in [-0.4, -0.2) is 38.2 Å². The minimum atomic E-state index is 0.450.